The van der Waals surface area contributed by atoms with Crippen LogP contribution in [0, 0.1) is 18.3 Å². The zero-order valence-electron chi connectivity index (χ0n) is 19.8. The van der Waals surface area contributed by atoms with E-state index in [9.17, 15) is 10.1 Å². The fourth-order valence-corrected chi connectivity index (χ4v) is 4.43. The number of aliphatic imine (C=N–C) groups is 1. The predicted octanol–water partition coefficient (Wildman–Crippen LogP) is 6.08. The number of nitriles is 1. The van der Waals surface area contributed by atoms with Gasteiger partial charge in [0.25, 0.3) is 5.91 Å². The summed E-state index contributed by atoms with van der Waals surface area (Å²) in [5, 5.41) is 9.93. The second-order valence-electron chi connectivity index (χ2n) is 7.90. The van der Waals surface area contributed by atoms with Crippen LogP contribution in [0.3, 0.4) is 0 Å². The van der Waals surface area contributed by atoms with Crippen LogP contribution in [0.25, 0.3) is 6.08 Å². The first-order chi connectivity index (χ1) is 17.0. The molecule has 0 aromatic heterocycles. The minimum atomic E-state index is -0.104. The zero-order valence-corrected chi connectivity index (χ0v) is 20.6. The molecule has 1 aliphatic heterocycles. The molecular formula is C28H25N3O3S. The van der Waals surface area contributed by atoms with Crippen molar-refractivity contribution >= 4 is 34.6 Å². The fourth-order valence-electron chi connectivity index (χ4n) is 3.45. The molecule has 6 nitrogen and oxygen atoms in total. The standard InChI is InChI=1S/C28H25N3O3S/c1-4-33-25-15-20(11-14-24(25)34-18-22-8-6-5-7-21(22)17-29)16-26-27(32)31(3)28(35-26)30-23-12-9-19(2)10-13-23/h5-16H,4,18H2,1-3H3. The van der Waals surface area contributed by atoms with E-state index < -0.39 is 0 Å². The average Bonchev–Trinajstić information content (AvgIpc) is 3.13. The Balaban J connectivity index is 1.55. The minimum Gasteiger partial charge on any atom is -0.490 e. The second kappa shape index (κ2) is 10.9. The third-order valence-electron chi connectivity index (χ3n) is 5.35. The molecule has 0 N–H and O–H groups in total. The Morgan fingerprint density at radius 1 is 1.06 bits per heavy atom. The number of benzene rings is 3. The molecule has 0 spiro atoms. The first-order valence-corrected chi connectivity index (χ1v) is 12.0. The quantitative estimate of drug-likeness (QED) is 0.381. The molecule has 3 aromatic rings. The average molecular weight is 484 g/mol. The van der Waals surface area contributed by atoms with Crippen LogP contribution in [0.15, 0.2) is 76.6 Å². The molecule has 0 saturated carbocycles. The fraction of sp³-hybridized carbons (Fsp3) is 0.179. The van der Waals surface area contributed by atoms with E-state index in [0.717, 1.165) is 22.4 Å². The van der Waals surface area contributed by atoms with E-state index in [1.165, 1.54) is 11.8 Å². The van der Waals surface area contributed by atoms with Gasteiger partial charge in [-0.05, 0) is 67.6 Å². The number of thioether (sulfide) groups is 1. The highest BCUT2D eigenvalue weighted by Crippen LogP contribution is 2.35. The molecule has 1 saturated heterocycles. The van der Waals surface area contributed by atoms with Crippen LogP contribution in [-0.2, 0) is 11.4 Å². The highest BCUT2D eigenvalue weighted by Gasteiger charge is 2.30. The van der Waals surface area contributed by atoms with Crippen molar-refractivity contribution in [1.29, 1.82) is 5.26 Å². The molecule has 35 heavy (non-hydrogen) atoms. The number of carbonyl (C=O) groups excluding carboxylic acids is 1. The Labute approximate surface area is 209 Å². The summed E-state index contributed by atoms with van der Waals surface area (Å²) in [4.78, 5) is 19.6. The van der Waals surface area contributed by atoms with Gasteiger partial charge in [0.15, 0.2) is 16.7 Å². The van der Waals surface area contributed by atoms with Gasteiger partial charge in [0, 0.05) is 12.6 Å². The van der Waals surface area contributed by atoms with Crippen molar-refractivity contribution in [3.05, 3.63) is 93.9 Å². The van der Waals surface area contributed by atoms with Crippen molar-refractivity contribution in [2.45, 2.75) is 20.5 Å². The lowest BCUT2D eigenvalue weighted by Crippen LogP contribution is -2.23. The monoisotopic (exact) mass is 483 g/mol. The summed E-state index contributed by atoms with van der Waals surface area (Å²) in [5.74, 6) is 1.05. The normalized spacial score (nSPS) is 15.5. The third kappa shape index (κ3) is 5.73. The molecule has 3 aromatic carbocycles. The molecule has 0 aliphatic carbocycles. The lowest BCUT2D eigenvalue weighted by Gasteiger charge is -2.13. The third-order valence-corrected chi connectivity index (χ3v) is 6.41. The topological polar surface area (TPSA) is 74.9 Å². The number of hydrogen-bond acceptors (Lipinski definition) is 6. The van der Waals surface area contributed by atoms with E-state index in [1.807, 2.05) is 80.6 Å². The first kappa shape index (κ1) is 24.1. The number of amides is 1. The highest BCUT2D eigenvalue weighted by atomic mass is 32.2. The van der Waals surface area contributed by atoms with Gasteiger partial charge in [-0.1, -0.05) is 42.0 Å². The summed E-state index contributed by atoms with van der Waals surface area (Å²) in [6.07, 6.45) is 1.83. The molecule has 1 fully saturated rings. The Kier molecular flexibility index (Phi) is 7.54. The van der Waals surface area contributed by atoms with Crippen LogP contribution in [0.1, 0.15) is 29.2 Å². The van der Waals surface area contributed by atoms with Gasteiger partial charge < -0.3 is 9.47 Å². The number of carbonyl (C=O) groups is 1. The van der Waals surface area contributed by atoms with Gasteiger partial charge >= 0.3 is 0 Å². The van der Waals surface area contributed by atoms with Crippen LogP contribution in [0.2, 0.25) is 0 Å². The Morgan fingerprint density at radius 3 is 2.57 bits per heavy atom. The number of nitrogens with zero attached hydrogens (tertiary/aromatic N) is 3. The van der Waals surface area contributed by atoms with Gasteiger partial charge in [-0.15, -0.1) is 0 Å². The number of likely N-dealkylation sites (N-methyl/N-ethyl adjacent to an activating group) is 1. The summed E-state index contributed by atoms with van der Waals surface area (Å²) >= 11 is 1.34. The summed E-state index contributed by atoms with van der Waals surface area (Å²) < 4.78 is 11.8. The Bertz CT molecular complexity index is 1340. The highest BCUT2D eigenvalue weighted by molar-refractivity contribution is 8.18. The van der Waals surface area contributed by atoms with Crippen LogP contribution < -0.4 is 9.47 Å². The van der Waals surface area contributed by atoms with Crippen molar-refractivity contribution in [1.82, 2.24) is 4.90 Å². The van der Waals surface area contributed by atoms with Gasteiger partial charge in [0.2, 0.25) is 0 Å². The molecule has 0 bridgehead atoms. The Morgan fingerprint density at radius 2 is 1.83 bits per heavy atom. The van der Waals surface area contributed by atoms with Gasteiger partial charge in [-0.25, -0.2) is 4.99 Å². The Hall–Kier alpha value is -4.02. The van der Waals surface area contributed by atoms with Gasteiger partial charge in [0.05, 0.1) is 28.8 Å². The van der Waals surface area contributed by atoms with Gasteiger partial charge in [-0.3, -0.25) is 9.69 Å². The molecule has 0 atom stereocenters. The lowest BCUT2D eigenvalue weighted by molar-refractivity contribution is -0.121. The summed E-state index contributed by atoms with van der Waals surface area (Å²) in [7, 11) is 1.73. The minimum absolute atomic E-state index is 0.104. The predicted molar refractivity (Wildman–Crippen MR) is 140 cm³/mol. The molecule has 1 heterocycles. The van der Waals surface area contributed by atoms with Crippen LogP contribution in [-0.4, -0.2) is 29.6 Å². The maximum absolute atomic E-state index is 12.8. The molecule has 1 amide bonds. The molecule has 1 aliphatic rings. The van der Waals surface area contributed by atoms with Crippen molar-refractivity contribution in [3.8, 4) is 17.6 Å². The maximum atomic E-state index is 12.8. The first-order valence-electron chi connectivity index (χ1n) is 11.2. The maximum Gasteiger partial charge on any atom is 0.266 e. The summed E-state index contributed by atoms with van der Waals surface area (Å²) in [6, 6.07) is 22.9. The van der Waals surface area contributed by atoms with E-state index in [0.29, 0.717) is 33.7 Å². The van der Waals surface area contributed by atoms with E-state index in [1.54, 1.807) is 18.0 Å². The van der Waals surface area contributed by atoms with Crippen molar-refractivity contribution in [3.63, 3.8) is 0 Å². The van der Waals surface area contributed by atoms with Crippen molar-refractivity contribution in [2.75, 3.05) is 13.7 Å². The van der Waals surface area contributed by atoms with Crippen LogP contribution >= 0.6 is 11.8 Å². The molecule has 4 rings (SSSR count). The largest absolute Gasteiger partial charge is 0.490 e. The molecular weight excluding hydrogens is 458 g/mol. The number of ether oxygens (including phenoxy) is 2. The lowest BCUT2D eigenvalue weighted by atomic mass is 10.1. The van der Waals surface area contributed by atoms with Crippen molar-refractivity contribution in [2.24, 2.45) is 4.99 Å². The van der Waals surface area contributed by atoms with Crippen molar-refractivity contribution < 1.29 is 14.3 Å². The molecule has 7 heteroatoms. The number of aryl methyl sites for hydroxylation is 1. The zero-order chi connectivity index (χ0) is 24.8. The number of hydrogen-bond donors (Lipinski definition) is 0. The smallest absolute Gasteiger partial charge is 0.266 e. The molecule has 0 radical (unpaired) electrons. The number of rotatable bonds is 7. The molecule has 176 valence electrons. The van der Waals surface area contributed by atoms with E-state index in [4.69, 9.17) is 9.47 Å². The van der Waals surface area contributed by atoms with Crippen LogP contribution in [0.4, 0.5) is 5.69 Å². The summed E-state index contributed by atoms with van der Waals surface area (Å²) in [5.41, 5.74) is 4.16. The summed E-state index contributed by atoms with van der Waals surface area (Å²) in [6.45, 7) is 4.64. The van der Waals surface area contributed by atoms with E-state index in [-0.39, 0.29) is 12.5 Å². The van der Waals surface area contributed by atoms with E-state index in [2.05, 4.69) is 11.1 Å². The second-order valence-corrected chi connectivity index (χ2v) is 8.91. The van der Waals surface area contributed by atoms with Gasteiger partial charge in [-0.2, -0.15) is 5.26 Å². The SMILES string of the molecule is CCOc1cc(C=C2SC(=Nc3ccc(C)cc3)N(C)C2=O)ccc1OCc1ccccc1C#N. The number of amidine groups is 1. The van der Waals surface area contributed by atoms with Crippen LogP contribution in [0.5, 0.6) is 11.5 Å². The van der Waals surface area contributed by atoms with E-state index >= 15 is 0 Å². The van der Waals surface area contributed by atoms with Gasteiger partial charge in [0.1, 0.15) is 6.61 Å². The molecule has 0 unspecified atom stereocenters.